The first kappa shape index (κ1) is 14.3. The molecule has 2 aromatic carbocycles. The Morgan fingerprint density at radius 1 is 1.14 bits per heavy atom. The van der Waals surface area contributed by atoms with Gasteiger partial charge < -0.3 is 5.73 Å². The third-order valence-corrected chi connectivity index (χ3v) is 4.60. The van der Waals surface area contributed by atoms with Crippen molar-refractivity contribution < 1.29 is 0 Å². The minimum absolute atomic E-state index is 0.0119. The van der Waals surface area contributed by atoms with Crippen molar-refractivity contribution in [3.63, 3.8) is 0 Å². The molecule has 1 heterocycles. The van der Waals surface area contributed by atoms with Crippen LogP contribution in [0.4, 0.5) is 0 Å². The summed E-state index contributed by atoms with van der Waals surface area (Å²) in [5, 5.41) is 0. The number of hydrogen-bond donors (Lipinski definition) is 1. The van der Waals surface area contributed by atoms with Crippen LogP contribution in [0.15, 0.2) is 41.1 Å². The van der Waals surface area contributed by atoms with Gasteiger partial charge in [-0.15, -0.1) is 0 Å². The first-order valence-electron chi connectivity index (χ1n) is 6.97. The van der Waals surface area contributed by atoms with E-state index >= 15 is 0 Å². The lowest BCUT2D eigenvalue weighted by atomic mass is 10.1. The first-order chi connectivity index (χ1) is 9.97. The van der Waals surface area contributed by atoms with Crippen LogP contribution in [0.5, 0.6) is 0 Å². The van der Waals surface area contributed by atoms with Crippen molar-refractivity contribution in [3.05, 3.63) is 57.8 Å². The second-order valence-corrected chi connectivity index (χ2v) is 6.39. The highest BCUT2D eigenvalue weighted by Crippen LogP contribution is 2.27. The average Bonchev–Trinajstić information content (AvgIpc) is 2.81. The summed E-state index contributed by atoms with van der Waals surface area (Å²) >= 11 is 3.61. The molecule has 0 aliphatic rings. The number of nitrogens with two attached hydrogens (primary N) is 1. The van der Waals surface area contributed by atoms with E-state index in [0.29, 0.717) is 0 Å². The molecule has 0 aliphatic carbocycles. The molecule has 0 spiro atoms. The van der Waals surface area contributed by atoms with Crippen LogP contribution in [-0.4, -0.2) is 9.55 Å². The standard InChI is InChI=1S/C17H18BrN3/c1-10-6-16-17(7-11(10)2)21(9-20-16)13-4-5-14(12(3)19)15(18)8-13/h4-9,12H,19H2,1-3H3/t12-/m0/s1. The summed E-state index contributed by atoms with van der Waals surface area (Å²) in [6.45, 7) is 6.22. The third kappa shape index (κ3) is 2.49. The molecule has 0 fully saturated rings. The molecule has 0 bridgehead atoms. The Morgan fingerprint density at radius 3 is 2.52 bits per heavy atom. The van der Waals surface area contributed by atoms with E-state index in [1.54, 1.807) is 0 Å². The van der Waals surface area contributed by atoms with Crippen molar-refractivity contribution in [2.45, 2.75) is 26.8 Å². The SMILES string of the molecule is Cc1cc2ncn(-c3ccc([C@H](C)N)c(Br)c3)c2cc1C. The Hall–Kier alpha value is -1.65. The zero-order chi connectivity index (χ0) is 15.1. The van der Waals surface area contributed by atoms with Crippen LogP contribution >= 0.6 is 15.9 Å². The molecule has 0 unspecified atom stereocenters. The zero-order valence-corrected chi connectivity index (χ0v) is 14.0. The van der Waals surface area contributed by atoms with Crippen LogP contribution in [0.25, 0.3) is 16.7 Å². The minimum atomic E-state index is 0.0119. The van der Waals surface area contributed by atoms with Crippen molar-refractivity contribution in [1.82, 2.24) is 9.55 Å². The molecule has 108 valence electrons. The van der Waals surface area contributed by atoms with Crippen LogP contribution in [0, 0.1) is 13.8 Å². The number of aryl methyl sites for hydroxylation is 2. The van der Waals surface area contributed by atoms with Crippen LogP contribution in [-0.2, 0) is 0 Å². The Kier molecular flexibility index (Phi) is 3.59. The summed E-state index contributed by atoms with van der Waals surface area (Å²) in [6, 6.07) is 10.6. The maximum absolute atomic E-state index is 5.96. The van der Waals surface area contributed by atoms with Crippen molar-refractivity contribution in [2.75, 3.05) is 0 Å². The van der Waals surface area contributed by atoms with Gasteiger partial charge in [0.1, 0.15) is 6.33 Å². The van der Waals surface area contributed by atoms with Crippen molar-refractivity contribution >= 4 is 27.0 Å². The fourth-order valence-corrected chi connectivity index (χ4v) is 3.23. The number of imidazole rings is 1. The topological polar surface area (TPSA) is 43.8 Å². The maximum Gasteiger partial charge on any atom is 0.100 e. The van der Waals surface area contributed by atoms with Gasteiger partial charge in [-0.2, -0.15) is 0 Å². The zero-order valence-electron chi connectivity index (χ0n) is 12.4. The number of fused-ring (bicyclic) bond motifs is 1. The number of benzene rings is 2. The fourth-order valence-electron chi connectivity index (χ4n) is 2.51. The Balaban J connectivity index is 2.17. The summed E-state index contributed by atoms with van der Waals surface area (Å²) < 4.78 is 3.14. The molecule has 0 amide bonds. The van der Waals surface area contributed by atoms with Crippen LogP contribution in [0.3, 0.4) is 0 Å². The van der Waals surface area contributed by atoms with E-state index in [4.69, 9.17) is 5.73 Å². The maximum atomic E-state index is 5.96. The van der Waals surface area contributed by atoms with Crippen LogP contribution < -0.4 is 5.73 Å². The summed E-state index contributed by atoms with van der Waals surface area (Å²) in [7, 11) is 0. The van der Waals surface area contributed by atoms with Gasteiger partial charge in [0, 0.05) is 16.2 Å². The van der Waals surface area contributed by atoms with Gasteiger partial charge in [0.15, 0.2) is 0 Å². The minimum Gasteiger partial charge on any atom is -0.324 e. The highest BCUT2D eigenvalue weighted by molar-refractivity contribution is 9.10. The largest absolute Gasteiger partial charge is 0.324 e. The monoisotopic (exact) mass is 343 g/mol. The van der Waals surface area contributed by atoms with Crippen LogP contribution in [0.2, 0.25) is 0 Å². The molecule has 4 heteroatoms. The Bertz CT molecular complexity index is 818. The van der Waals surface area contributed by atoms with Gasteiger partial charge in [-0.25, -0.2) is 4.98 Å². The lowest BCUT2D eigenvalue weighted by Gasteiger charge is -2.12. The highest BCUT2D eigenvalue weighted by Gasteiger charge is 2.10. The van der Waals surface area contributed by atoms with Crippen molar-refractivity contribution in [2.24, 2.45) is 5.73 Å². The van der Waals surface area contributed by atoms with Gasteiger partial charge in [-0.05, 0) is 61.7 Å². The fraction of sp³-hybridized carbons (Fsp3) is 0.235. The molecule has 0 radical (unpaired) electrons. The van der Waals surface area contributed by atoms with Gasteiger partial charge in [0.2, 0.25) is 0 Å². The van der Waals surface area contributed by atoms with E-state index in [9.17, 15) is 0 Å². The van der Waals surface area contributed by atoms with Gasteiger partial charge in [-0.3, -0.25) is 4.57 Å². The number of aromatic nitrogens is 2. The quantitative estimate of drug-likeness (QED) is 0.748. The lowest BCUT2D eigenvalue weighted by molar-refractivity contribution is 0.812. The van der Waals surface area contributed by atoms with E-state index in [0.717, 1.165) is 26.8 Å². The predicted octanol–water partition coefficient (Wildman–Crippen LogP) is 4.42. The normalized spacial score (nSPS) is 12.8. The number of halogens is 1. The van der Waals surface area contributed by atoms with E-state index in [-0.39, 0.29) is 6.04 Å². The van der Waals surface area contributed by atoms with Gasteiger partial charge in [0.25, 0.3) is 0 Å². The third-order valence-electron chi connectivity index (χ3n) is 3.92. The molecule has 1 atom stereocenters. The molecule has 1 aromatic heterocycles. The van der Waals surface area contributed by atoms with E-state index in [1.807, 2.05) is 13.3 Å². The predicted molar refractivity (Wildman–Crippen MR) is 90.8 cm³/mol. The van der Waals surface area contributed by atoms with Gasteiger partial charge in [-0.1, -0.05) is 22.0 Å². The van der Waals surface area contributed by atoms with Crippen molar-refractivity contribution in [1.29, 1.82) is 0 Å². The van der Waals surface area contributed by atoms with E-state index in [1.165, 1.54) is 11.1 Å². The van der Waals surface area contributed by atoms with E-state index in [2.05, 4.69) is 69.7 Å². The molecule has 3 rings (SSSR count). The number of nitrogens with zero attached hydrogens (tertiary/aromatic N) is 2. The molecule has 0 saturated heterocycles. The summed E-state index contributed by atoms with van der Waals surface area (Å²) in [6.07, 6.45) is 1.87. The van der Waals surface area contributed by atoms with E-state index < -0.39 is 0 Å². The summed E-state index contributed by atoms with van der Waals surface area (Å²) in [5.41, 5.74) is 12.8. The smallest absolute Gasteiger partial charge is 0.100 e. The lowest BCUT2D eigenvalue weighted by Crippen LogP contribution is -2.06. The molecule has 3 nitrogen and oxygen atoms in total. The Labute approximate surface area is 132 Å². The van der Waals surface area contributed by atoms with Crippen molar-refractivity contribution in [3.8, 4) is 5.69 Å². The average molecular weight is 344 g/mol. The second-order valence-electron chi connectivity index (χ2n) is 5.53. The van der Waals surface area contributed by atoms with Gasteiger partial charge in [0.05, 0.1) is 11.0 Å². The molecule has 0 aliphatic heterocycles. The second kappa shape index (κ2) is 5.28. The molecular formula is C17H18BrN3. The molecular weight excluding hydrogens is 326 g/mol. The molecule has 2 N–H and O–H groups in total. The molecule has 3 aromatic rings. The van der Waals surface area contributed by atoms with Gasteiger partial charge >= 0.3 is 0 Å². The molecule has 0 saturated carbocycles. The van der Waals surface area contributed by atoms with Crippen LogP contribution in [0.1, 0.15) is 29.7 Å². The summed E-state index contributed by atoms with van der Waals surface area (Å²) in [5.74, 6) is 0. The first-order valence-corrected chi connectivity index (χ1v) is 7.76. The Morgan fingerprint density at radius 2 is 1.86 bits per heavy atom. The number of rotatable bonds is 2. The summed E-state index contributed by atoms with van der Waals surface area (Å²) in [4.78, 5) is 4.51. The number of hydrogen-bond acceptors (Lipinski definition) is 2. The molecule has 21 heavy (non-hydrogen) atoms. The highest BCUT2D eigenvalue weighted by atomic mass is 79.9.